The molecule has 1 aliphatic rings. The van der Waals surface area contributed by atoms with Gasteiger partial charge < -0.3 is 10.2 Å². The van der Waals surface area contributed by atoms with Gasteiger partial charge in [0.05, 0.1) is 17.5 Å². The van der Waals surface area contributed by atoms with Crippen LogP contribution in [0.4, 0.5) is 5.82 Å². The molecular weight excluding hydrogens is 394 g/mol. The molecule has 3 aromatic rings. The molecule has 30 heavy (non-hydrogen) atoms. The number of piperazine rings is 1. The first kappa shape index (κ1) is 20.8. The van der Waals surface area contributed by atoms with Crippen LogP contribution >= 0.6 is 11.3 Å². The van der Waals surface area contributed by atoms with Gasteiger partial charge in [0.2, 0.25) is 5.91 Å². The van der Waals surface area contributed by atoms with Crippen LogP contribution in [0.1, 0.15) is 38.3 Å². The van der Waals surface area contributed by atoms with Crippen molar-refractivity contribution < 1.29 is 4.79 Å². The van der Waals surface area contributed by atoms with Crippen molar-refractivity contribution in [2.75, 3.05) is 31.1 Å². The monoisotopic (exact) mass is 423 g/mol. The summed E-state index contributed by atoms with van der Waals surface area (Å²) < 4.78 is 0. The van der Waals surface area contributed by atoms with Crippen LogP contribution in [0.2, 0.25) is 0 Å². The molecule has 0 bridgehead atoms. The summed E-state index contributed by atoms with van der Waals surface area (Å²) in [5, 5.41) is 6.46. The maximum atomic E-state index is 13.0. The molecule has 4 rings (SSSR count). The number of nitrogens with one attached hydrogen (secondary N) is 1. The van der Waals surface area contributed by atoms with Crippen LogP contribution in [-0.2, 0) is 4.79 Å². The second kappa shape index (κ2) is 9.53. The summed E-state index contributed by atoms with van der Waals surface area (Å²) in [6.45, 7) is 7.57. The summed E-state index contributed by atoms with van der Waals surface area (Å²) in [4.78, 5) is 27.5. The lowest BCUT2D eigenvalue weighted by molar-refractivity contribution is -0.126. The largest absolute Gasteiger partial charge is 0.353 e. The predicted octanol–water partition coefficient (Wildman–Crippen LogP) is 3.86. The molecule has 0 radical (unpaired) electrons. The minimum atomic E-state index is -0.151. The normalized spacial score (nSPS) is 17.1. The molecule has 2 unspecified atom stereocenters. The third-order valence-electron chi connectivity index (χ3n) is 5.88. The quantitative estimate of drug-likeness (QED) is 0.625. The predicted molar refractivity (Wildman–Crippen MR) is 123 cm³/mol. The van der Waals surface area contributed by atoms with Crippen molar-refractivity contribution in [1.82, 2.24) is 20.2 Å². The van der Waals surface area contributed by atoms with Gasteiger partial charge in [-0.2, -0.15) is 0 Å². The Kier molecular flexibility index (Phi) is 6.59. The molecule has 0 saturated carbocycles. The number of fused-ring (bicyclic) bond motifs is 1. The molecule has 2 atom stereocenters. The van der Waals surface area contributed by atoms with Crippen LogP contribution < -0.4 is 10.2 Å². The molecule has 1 fully saturated rings. The zero-order valence-corrected chi connectivity index (χ0v) is 18.4. The van der Waals surface area contributed by atoms with Crippen LogP contribution in [0, 0.1) is 0 Å². The molecule has 0 aliphatic carbocycles. The Bertz CT molecular complexity index is 968. The fraction of sp³-hybridized carbons (Fsp3) is 0.435. The van der Waals surface area contributed by atoms with Crippen LogP contribution in [0.15, 0.2) is 48.1 Å². The first-order valence-electron chi connectivity index (χ1n) is 10.7. The third-order valence-corrected chi connectivity index (χ3v) is 6.70. The van der Waals surface area contributed by atoms with Gasteiger partial charge in [-0.3, -0.25) is 9.69 Å². The van der Waals surface area contributed by atoms with Crippen molar-refractivity contribution in [3.05, 3.63) is 53.7 Å². The first-order chi connectivity index (χ1) is 14.7. The van der Waals surface area contributed by atoms with Crippen molar-refractivity contribution in [3.8, 4) is 0 Å². The van der Waals surface area contributed by atoms with E-state index in [4.69, 9.17) is 0 Å². The smallest absolute Gasteiger partial charge is 0.237 e. The van der Waals surface area contributed by atoms with Gasteiger partial charge in [0.15, 0.2) is 0 Å². The van der Waals surface area contributed by atoms with Crippen molar-refractivity contribution in [2.24, 2.45) is 0 Å². The molecule has 1 aliphatic heterocycles. The van der Waals surface area contributed by atoms with Crippen molar-refractivity contribution in [3.63, 3.8) is 0 Å². The van der Waals surface area contributed by atoms with E-state index in [1.807, 2.05) is 25.1 Å². The Balaban J connectivity index is 1.37. The number of aromatic nitrogens is 2. The van der Waals surface area contributed by atoms with E-state index < -0.39 is 0 Å². The maximum absolute atomic E-state index is 13.0. The van der Waals surface area contributed by atoms with E-state index >= 15 is 0 Å². The molecule has 1 aromatic carbocycles. The number of carbonyl (C=O) groups excluding carboxylic acids is 1. The summed E-state index contributed by atoms with van der Waals surface area (Å²) in [6.07, 6.45) is 3.62. The number of nitrogens with zero attached hydrogens (tertiary/aromatic N) is 4. The van der Waals surface area contributed by atoms with Gasteiger partial charge in [0.1, 0.15) is 17.0 Å². The van der Waals surface area contributed by atoms with Crippen molar-refractivity contribution in [2.45, 2.75) is 38.8 Å². The highest BCUT2D eigenvalue weighted by atomic mass is 32.1. The lowest BCUT2D eigenvalue weighted by Crippen LogP contribution is -2.54. The van der Waals surface area contributed by atoms with Gasteiger partial charge in [0, 0.05) is 26.2 Å². The van der Waals surface area contributed by atoms with Gasteiger partial charge in [-0.1, -0.05) is 43.7 Å². The van der Waals surface area contributed by atoms with E-state index in [1.54, 1.807) is 17.7 Å². The van der Waals surface area contributed by atoms with E-state index in [-0.39, 0.29) is 18.0 Å². The van der Waals surface area contributed by atoms with E-state index in [1.165, 1.54) is 5.56 Å². The summed E-state index contributed by atoms with van der Waals surface area (Å²) >= 11 is 1.64. The van der Waals surface area contributed by atoms with E-state index in [2.05, 4.69) is 55.6 Å². The molecule has 7 heteroatoms. The molecule has 3 heterocycles. The van der Waals surface area contributed by atoms with Gasteiger partial charge in [0.25, 0.3) is 0 Å². The summed E-state index contributed by atoms with van der Waals surface area (Å²) in [7, 11) is 0. The standard InChI is InChI=1S/C23H29N5OS/c1-3-7-20(18-8-5-4-6-9-18)26-22(29)17(2)27-11-13-28(14-12-27)21-19-10-15-30-23(19)25-16-24-21/h4-6,8-10,15-17,20H,3,7,11-14H2,1-2H3,(H,26,29). The number of carbonyl (C=O) groups is 1. The summed E-state index contributed by atoms with van der Waals surface area (Å²) in [5.41, 5.74) is 1.17. The van der Waals surface area contributed by atoms with Crippen molar-refractivity contribution in [1.29, 1.82) is 0 Å². The number of hydrogen-bond acceptors (Lipinski definition) is 6. The lowest BCUT2D eigenvalue weighted by Gasteiger charge is -2.38. The number of hydrogen-bond donors (Lipinski definition) is 1. The van der Waals surface area contributed by atoms with E-state index in [0.29, 0.717) is 0 Å². The minimum absolute atomic E-state index is 0.0698. The first-order valence-corrected chi connectivity index (χ1v) is 11.6. The van der Waals surface area contributed by atoms with Crippen LogP contribution in [-0.4, -0.2) is 53.0 Å². The Hall–Kier alpha value is -2.51. The molecule has 1 N–H and O–H groups in total. The lowest BCUT2D eigenvalue weighted by atomic mass is 10.0. The zero-order chi connectivity index (χ0) is 20.9. The number of benzene rings is 1. The zero-order valence-electron chi connectivity index (χ0n) is 17.6. The number of anilines is 1. The molecule has 1 amide bonds. The SMILES string of the molecule is CCCC(NC(=O)C(C)N1CCN(c2ncnc3sccc23)CC1)c1ccccc1. The van der Waals surface area contributed by atoms with Gasteiger partial charge in [-0.25, -0.2) is 9.97 Å². The number of thiophene rings is 1. The molecule has 0 spiro atoms. The molecule has 1 saturated heterocycles. The van der Waals surface area contributed by atoms with Crippen LogP contribution in [0.5, 0.6) is 0 Å². The van der Waals surface area contributed by atoms with Crippen molar-refractivity contribution >= 4 is 33.3 Å². The summed E-state index contributed by atoms with van der Waals surface area (Å²) in [5.74, 6) is 1.11. The highest BCUT2D eigenvalue weighted by Gasteiger charge is 2.28. The van der Waals surface area contributed by atoms with Gasteiger partial charge in [-0.05, 0) is 30.4 Å². The van der Waals surface area contributed by atoms with Crippen LogP contribution in [0.25, 0.3) is 10.2 Å². The highest BCUT2D eigenvalue weighted by Crippen LogP contribution is 2.27. The van der Waals surface area contributed by atoms with Gasteiger partial charge >= 0.3 is 0 Å². The van der Waals surface area contributed by atoms with E-state index in [9.17, 15) is 4.79 Å². The molecule has 6 nitrogen and oxygen atoms in total. The number of rotatable bonds is 7. The third kappa shape index (κ3) is 4.47. The second-order valence-electron chi connectivity index (χ2n) is 7.80. The fourth-order valence-corrected chi connectivity index (χ4v) is 4.83. The molecule has 158 valence electrons. The minimum Gasteiger partial charge on any atom is -0.353 e. The molecular formula is C23H29N5OS. The fourth-order valence-electron chi connectivity index (χ4n) is 4.10. The molecule has 2 aromatic heterocycles. The Morgan fingerprint density at radius 2 is 1.90 bits per heavy atom. The van der Waals surface area contributed by atoms with Gasteiger partial charge in [-0.15, -0.1) is 11.3 Å². The average Bonchev–Trinajstić information content (AvgIpc) is 3.28. The highest BCUT2D eigenvalue weighted by molar-refractivity contribution is 7.16. The number of amides is 1. The summed E-state index contributed by atoms with van der Waals surface area (Å²) in [6, 6.07) is 12.3. The average molecular weight is 424 g/mol. The van der Waals surface area contributed by atoms with E-state index in [0.717, 1.165) is 55.1 Å². The van der Waals surface area contributed by atoms with Crippen LogP contribution in [0.3, 0.4) is 0 Å². The Labute approximate surface area is 181 Å². The Morgan fingerprint density at radius 3 is 2.63 bits per heavy atom. The second-order valence-corrected chi connectivity index (χ2v) is 8.69. The maximum Gasteiger partial charge on any atom is 0.237 e. The topological polar surface area (TPSA) is 61.4 Å². The Morgan fingerprint density at radius 1 is 1.13 bits per heavy atom.